The van der Waals surface area contributed by atoms with Gasteiger partial charge in [-0.15, -0.1) is 0 Å². The Bertz CT molecular complexity index is 778. The van der Waals surface area contributed by atoms with Gasteiger partial charge in [0, 0.05) is 50.1 Å². The number of aromatic carboxylic acids is 1. The standard InChI is InChI=1S/C17H18N4O3/c1-11(22)21-4-2-3-12(10-21)15-8-19-9-16(20-15)13-5-14(17(23)24)7-18-6-13/h5-9,12H,2-4,10H2,1H3,(H,23,24)/t12-/m1/s1. The third kappa shape index (κ3) is 3.40. The molecule has 7 heteroatoms. The number of piperidine rings is 1. The molecule has 0 radical (unpaired) electrons. The van der Waals surface area contributed by atoms with Crippen molar-refractivity contribution in [3.63, 3.8) is 0 Å². The van der Waals surface area contributed by atoms with Gasteiger partial charge in [0.05, 0.1) is 23.1 Å². The minimum atomic E-state index is -1.03. The number of carboxylic acids is 1. The number of carbonyl (C=O) groups excluding carboxylic acids is 1. The second kappa shape index (κ2) is 6.74. The van der Waals surface area contributed by atoms with Crippen molar-refractivity contribution >= 4 is 11.9 Å². The number of carboxylic acid groups (broad SMARTS) is 1. The van der Waals surface area contributed by atoms with Crippen LogP contribution in [0.3, 0.4) is 0 Å². The van der Waals surface area contributed by atoms with Gasteiger partial charge >= 0.3 is 5.97 Å². The minimum absolute atomic E-state index is 0.0715. The number of pyridine rings is 1. The van der Waals surface area contributed by atoms with E-state index in [1.54, 1.807) is 25.5 Å². The Morgan fingerprint density at radius 2 is 2.00 bits per heavy atom. The largest absolute Gasteiger partial charge is 0.478 e. The van der Waals surface area contributed by atoms with Crippen molar-refractivity contribution in [1.29, 1.82) is 0 Å². The van der Waals surface area contributed by atoms with Crippen LogP contribution in [0.15, 0.2) is 30.9 Å². The highest BCUT2D eigenvalue weighted by molar-refractivity contribution is 5.88. The van der Waals surface area contributed by atoms with Crippen molar-refractivity contribution in [2.75, 3.05) is 13.1 Å². The highest BCUT2D eigenvalue weighted by Crippen LogP contribution is 2.27. The number of nitrogens with zero attached hydrogens (tertiary/aromatic N) is 4. The lowest BCUT2D eigenvalue weighted by Crippen LogP contribution is -2.37. The van der Waals surface area contributed by atoms with Crippen molar-refractivity contribution in [3.8, 4) is 11.3 Å². The van der Waals surface area contributed by atoms with Gasteiger partial charge in [-0.25, -0.2) is 9.78 Å². The fraction of sp³-hybridized carbons (Fsp3) is 0.353. The fourth-order valence-corrected chi connectivity index (χ4v) is 2.92. The second-order valence-electron chi connectivity index (χ2n) is 5.90. The molecule has 124 valence electrons. The first-order chi connectivity index (χ1) is 11.5. The van der Waals surface area contributed by atoms with E-state index in [2.05, 4.69) is 15.0 Å². The Hall–Kier alpha value is -2.83. The van der Waals surface area contributed by atoms with E-state index in [1.807, 2.05) is 4.90 Å². The first kappa shape index (κ1) is 16.0. The number of rotatable bonds is 3. The molecule has 0 bridgehead atoms. The Morgan fingerprint density at radius 1 is 1.21 bits per heavy atom. The van der Waals surface area contributed by atoms with Crippen LogP contribution in [-0.2, 0) is 4.79 Å². The van der Waals surface area contributed by atoms with Crippen molar-refractivity contribution in [2.45, 2.75) is 25.7 Å². The van der Waals surface area contributed by atoms with Gasteiger partial charge in [-0.1, -0.05) is 0 Å². The summed E-state index contributed by atoms with van der Waals surface area (Å²) in [6.45, 7) is 3.00. The molecule has 0 aromatic carbocycles. The maximum Gasteiger partial charge on any atom is 0.337 e. The van der Waals surface area contributed by atoms with E-state index in [1.165, 1.54) is 12.3 Å². The quantitative estimate of drug-likeness (QED) is 0.926. The van der Waals surface area contributed by atoms with Gasteiger partial charge in [0.1, 0.15) is 0 Å². The summed E-state index contributed by atoms with van der Waals surface area (Å²) < 4.78 is 0. The Balaban J connectivity index is 1.88. The molecule has 1 atom stereocenters. The molecule has 3 rings (SSSR count). The Labute approximate surface area is 139 Å². The Kier molecular flexibility index (Phi) is 4.50. The number of likely N-dealkylation sites (tertiary alicyclic amines) is 1. The summed E-state index contributed by atoms with van der Waals surface area (Å²) in [7, 11) is 0. The normalized spacial score (nSPS) is 17.5. The van der Waals surface area contributed by atoms with Crippen LogP contribution >= 0.6 is 0 Å². The lowest BCUT2D eigenvalue weighted by Gasteiger charge is -2.31. The van der Waals surface area contributed by atoms with E-state index in [9.17, 15) is 9.59 Å². The van der Waals surface area contributed by atoms with E-state index in [4.69, 9.17) is 5.11 Å². The zero-order chi connectivity index (χ0) is 17.1. The zero-order valence-corrected chi connectivity index (χ0v) is 13.3. The molecule has 1 aliphatic rings. The fourth-order valence-electron chi connectivity index (χ4n) is 2.92. The average Bonchev–Trinajstić information content (AvgIpc) is 2.62. The van der Waals surface area contributed by atoms with Crippen LogP contribution in [0.1, 0.15) is 41.7 Å². The number of hydrogen-bond donors (Lipinski definition) is 1. The zero-order valence-electron chi connectivity index (χ0n) is 13.3. The van der Waals surface area contributed by atoms with Crippen molar-refractivity contribution in [2.24, 2.45) is 0 Å². The third-order valence-corrected chi connectivity index (χ3v) is 4.22. The van der Waals surface area contributed by atoms with Gasteiger partial charge in [-0.3, -0.25) is 14.8 Å². The number of aromatic nitrogens is 3. The highest BCUT2D eigenvalue weighted by Gasteiger charge is 2.24. The van der Waals surface area contributed by atoms with Gasteiger partial charge in [0.15, 0.2) is 0 Å². The van der Waals surface area contributed by atoms with E-state index in [0.29, 0.717) is 17.8 Å². The molecule has 0 aliphatic carbocycles. The molecule has 2 aromatic rings. The maximum atomic E-state index is 11.6. The summed E-state index contributed by atoms with van der Waals surface area (Å²) in [5.74, 6) is -0.814. The second-order valence-corrected chi connectivity index (χ2v) is 5.90. The van der Waals surface area contributed by atoms with E-state index >= 15 is 0 Å². The third-order valence-electron chi connectivity index (χ3n) is 4.22. The van der Waals surface area contributed by atoms with Crippen molar-refractivity contribution in [1.82, 2.24) is 19.9 Å². The van der Waals surface area contributed by atoms with Crippen molar-refractivity contribution in [3.05, 3.63) is 42.1 Å². The van der Waals surface area contributed by atoms with Crippen LogP contribution < -0.4 is 0 Å². The summed E-state index contributed by atoms with van der Waals surface area (Å²) in [6, 6.07) is 1.53. The van der Waals surface area contributed by atoms with Gasteiger partial charge in [-0.05, 0) is 18.9 Å². The number of amides is 1. The molecule has 2 aromatic heterocycles. The molecule has 1 fully saturated rings. The smallest absolute Gasteiger partial charge is 0.337 e. The Morgan fingerprint density at radius 3 is 2.75 bits per heavy atom. The molecule has 0 spiro atoms. The van der Waals surface area contributed by atoms with Gasteiger partial charge in [-0.2, -0.15) is 0 Å². The topological polar surface area (TPSA) is 96.3 Å². The van der Waals surface area contributed by atoms with Crippen LogP contribution in [0, 0.1) is 0 Å². The van der Waals surface area contributed by atoms with E-state index < -0.39 is 5.97 Å². The molecule has 0 saturated carbocycles. The molecule has 7 nitrogen and oxygen atoms in total. The predicted molar refractivity (Wildman–Crippen MR) is 86.5 cm³/mol. The van der Waals surface area contributed by atoms with Crippen LogP contribution in [0.5, 0.6) is 0 Å². The van der Waals surface area contributed by atoms with Gasteiger partial charge in [0.2, 0.25) is 5.91 Å². The average molecular weight is 326 g/mol. The van der Waals surface area contributed by atoms with Gasteiger partial charge in [0.25, 0.3) is 0 Å². The number of hydrogen-bond acceptors (Lipinski definition) is 5. The monoisotopic (exact) mass is 326 g/mol. The van der Waals surface area contributed by atoms with Crippen LogP contribution in [0.2, 0.25) is 0 Å². The predicted octanol–water partition coefficient (Wildman–Crippen LogP) is 1.96. The molecule has 1 saturated heterocycles. The van der Waals surface area contributed by atoms with Crippen molar-refractivity contribution < 1.29 is 14.7 Å². The van der Waals surface area contributed by atoms with Crippen LogP contribution in [-0.4, -0.2) is 49.9 Å². The minimum Gasteiger partial charge on any atom is -0.478 e. The molecular weight excluding hydrogens is 308 g/mol. The van der Waals surface area contributed by atoms with Gasteiger partial charge < -0.3 is 10.0 Å². The molecule has 0 unspecified atom stereocenters. The summed E-state index contributed by atoms with van der Waals surface area (Å²) in [4.78, 5) is 37.3. The molecule has 1 aliphatic heterocycles. The summed E-state index contributed by atoms with van der Waals surface area (Å²) >= 11 is 0. The first-order valence-electron chi connectivity index (χ1n) is 7.81. The summed E-state index contributed by atoms with van der Waals surface area (Å²) in [5, 5.41) is 9.08. The summed E-state index contributed by atoms with van der Waals surface area (Å²) in [5.41, 5.74) is 2.13. The molecule has 1 amide bonds. The van der Waals surface area contributed by atoms with Crippen LogP contribution in [0.25, 0.3) is 11.3 Å². The molecule has 24 heavy (non-hydrogen) atoms. The summed E-state index contributed by atoms with van der Waals surface area (Å²) in [6.07, 6.45) is 8.07. The number of carbonyl (C=O) groups is 2. The first-order valence-corrected chi connectivity index (χ1v) is 7.81. The van der Waals surface area contributed by atoms with E-state index in [0.717, 1.165) is 25.1 Å². The molecule has 1 N–H and O–H groups in total. The van der Waals surface area contributed by atoms with Crippen LogP contribution in [0.4, 0.5) is 0 Å². The molecule has 3 heterocycles. The maximum absolute atomic E-state index is 11.6. The SMILES string of the molecule is CC(=O)N1CCC[C@@H](c2cncc(-c3cncc(C(=O)O)c3)n2)C1. The lowest BCUT2D eigenvalue weighted by atomic mass is 9.95. The molecular formula is C17H18N4O3. The highest BCUT2D eigenvalue weighted by atomic mass is 16.4. The lowest BCUT2D eigenvalue weighted by molar-refractivity contribution is -0.130. The van der Waals surface area contributed by atoms with E-state index in [-0.39, 0.29) is 17.4 Å².